The molecule has 0 amide bonds. The van der Waals surface area contributed by atoms with E-state index in [9.17, 15) is 9.59 Å². The number of anilines is 1. The van der Waals surface area contributed by atoms with Gasteiger partial charge in [-0.3, -0.25) is 23.2 Å². The van der Waals surface area contributed by atoms with Crippen molar-refractivity contribution in [3.63, 3.8) is 0 Å². The maximum absolute atomic E-state index is 12.7. The second-order valence-corrected chi connectivity index (χ2v) is 8.25. The highest BCUT2D eigenvalue weighted by molar-refractivity contribution is 5.75. The zero-order valence-corrected chi connectivity index (χ0v) is 18.2. The van der Waals surface area contributed by atoms with Crippen LogP contribution in [0.5, 0.6) is 0 Å². The smallest absolute Gasteiger partial charge is 0.332 e. The van der Waals surface area contributed by atoms with E-state index in [-0.39, 0.29) is 11.2 Å². The summed E-state index contributed by atoms with van der Waals surface area (Å²) in [7, 11) is 3.16. The fraction of sp³-hybridized carbons (Fsp3) is 0.409. The molecule has 0 radical (unpaired) electrons. The third kappa shape index (κ3) is 3.16. The molecule has 1 fully saturated rings. The van der Waals surface area contributed by atoms with Crippen LogP contribution in [0.15, 0.2) is 46.1 Å². The first kappa shape index (κ1) is 19.6. The van der Waals surface area contributed by atoms with E-state index in [0.29, 0.717) is 16.9 Å². The predicted octanol–water partition coefficient (Wildman–Crippen LogP) is 0.817. The molecule has 0 bridgehead atoms. The number of aromatic nitrogens is 5. The quantitative estimate of drug-likeness (QED) is 0.488. The summed E-state index contributed by atoms with van der Waals surface area (Å²) in [6, 6.07) is 10.5. The zero-order chi connectivity index (χ0) is 21.7. The molecule has 0 aliphatic carbocycles. The fourth-order valence-corrected chi connectivity index (χ4v) is 4.52. The van der Waals surface area contributed by atoms with Gasteiger partial charge in [0.15, 0.2) is 11.2 Å². The van der Waals surface area contributed by atoms with Crippen LogP contribution in [0.25, 0.3) is 16.9 Å². The Kier molecular flexibility index (Phi) is 4.70. The number of rotatable bonds is 4. The monoisotopic (exact) mass is 421 g/mol. The van der Waals surface area contributed by atoms with Crippen molar-refractivity contribution in [1.82, 2.24) is 28.0 Å². The van der Waals surface area contributed by atoms with E-state index in [1.54, 1.807) is 7.05 Å². The molecule has 9 heteroatoms. The summed E-state index contributed by atoms with van der Waals surface area (Å²) in [6.45, 7) is 7.76. The molecule has 1 aliphatic heterocycles. The Morgan fingerprint density at radius 2 is 1.65 bits per heavy atom. The van der Waals surface area contributed by atoms with E-state index in [4.69, 9.17) is 0 Å². The van der Waals surface area contributed by atoms with Crippen molar-refractivity contribution in [3.05, 3.63) is 63.1 Å². The summed E-state index contributed by atoms with van der Waals surface area (Å²) in [5.41, 5.74) is 2.51. The standard InChI is InChI=1S/C22H27N7O2/c1-16-15-29-18-19(24(2)22(31)25(3)20(18)30)23-21(29)28(16)14-11-26-9-12-27(13-10-26)17-7-5-4-6-8-17/h4-8,15H,9-14H2,1-3H3. The molecule has 0 spiro atoms. The van der Waals surface area contributed by atoms with Crippen molar-refractivity contribution in [2.75, 3.05) is 37.6 Å². The Hall–Kier alpha value is -3.33. The third-order valence-electron chi connectivity index (χ3n) is 6.39. The van der Waals surface area contributed by atoms with E-state index < -0.39 is 0 Å². The summed E-state index contributed by atoms with van der Waals surface area (Å²) in [6.07, 6.45) is 1.93. The number of piperazine rings is 1. The number of hydrogen-bond donors (Lipinski definition) is 0. The molecule has 3 aromatic heterocycles. The molecule has 4 heterocycles. The largest absolute Gasteiger partial charge is 0.369 e. The highest BCUT2D eigenvalue weighted by Crippen LogP contribution is 2.18. The number of imidazole rings is 2. The lowest BCUT2D eigenvalue weighted by atomic mass is 10.2. The lowest BCUT2D eigenvalue weighted by Gasteiger charge is -2.36. The van der Waals surface area contributed by atoms with Crippen LogP contribution in [0.4, 0.5) is 5.69 Å². The Morgan fingerprint density at radius 3 is 2.35 bits per heavy atom. The average Bonchev–Trinajstić information content (AvgIpc) is 3.30. The van der Waals surface area contributed by atoms with Crippen molar-refractivity contribution in [1.29, 1.82) is 0 Å². The minimum Gasteiger partial charge on any atom is -0.369 e. The number of para-hydroxylation sites is 1. The normalized spacial score (nSPS) is 15.4. The van der Waals surface area contributed by atoms with Gasteiger partial charge >= 0.3 is 5.69 Å². The maximum atomic E-state index is 12.7. The zero-order valence-electron chi connectivity index (χ0n) is 18.2. The molecule has 0 unspecified atom stereocenters. The summed E-state index contributed by atoms with van der Waals surface area (Å²) in [5.74, 6) is 0.703. The first-order valence-electron chi connectivity index (χ1n) is 10.6. The van der Waals surface area contributed by atoms with E-state index in [0.717, 1.165) is 49.5 Å². The van der Waals surface area contributed by atoms with Crippen LogP contribution in [-0.4, -0.2) is 60.7 Å². The number of nitrogens with zero attached hydrogens (tertiary/aromatic N) is 7. The molecule has 0 atom stereocenters. The van der Waals surface area contributed by atoms with Crippen molar-refractivity contribution in [3.8, 4) is 0 Å². The maximum Gasteiger partial charge on any atom is 0.332 e. The van der Waals surface area contributed by atoms with Crippen LogP contribution < -0.4 is 16.1 Å². The second-order valence-electron chi connectivity index (χ2n) is 8.25. The van der Waals surface area contributed by atoms with E-state index in [2.05, 4.69) is 43.6 Å². The molecule has 162 valence electrons. The Labute approximate surface area is 179 Å². The Bertz CT molecular complexity index is 1370. The first-order chi connectivity index (χ1) is 15.0. The van der Waals surface area contributed by atoms with Gasteiger partial charge in [-0.15, -0.1) is 0 Å². The topological polar surface area (TPSA) is 72.7 Å². The Morgan fingerprint density at radius 1 is 0.935 bits per heavy atom. The highest BCUT2D eigenvalue weighted by Gasteiger charge is 2.21. The van der Waals surface area contributed by atoms with Gasteiger partial charge in [0.2, 0.25) is 5.78 Å². The SMILES string of the molecule is Cc1cn2c3c(=O)n(C)c(=O)n(C)c3nc2n1CCN1CCN(c2ccccc2)CC1. The van der Waals surface area contributed by atoms with E-state index >= 15 is 0 Å². The fourth-order valence-electron chi connectivity index (χ4n) is 4.52. The summed E-state index contributed by atoms with van der Waals surface area (Å²) >= 11 is 0. The molecular formula is C22H27N7O2. The van der Waals surface area contributed by atoms with Gasteiger partial charge < -0.3 is 9.47 Å². The molecule has 5 rings (SSSR count). The lowest BCUT2D eigenvalue weighted by Crippen LogP contribution is -2.47. The predicted molar refractivity (Wildman–Crippen MR) is 121 cm³/mol. The summed E-state index contributed by atoms with van der Waals surface area (Å²) in [4.78, 5) is 34.5. The summed E-state index contributed by atoms with van der Waals surface area (Å²) in [5, 5.41) is 0. The van der Waals surface area contributed by atoms with Crippen molar-refractivity contribution < 1.29 is 0 Å². The number of hydrogen-bond acceptors (Lipinski definition) is 5. The van der Waals surface area contributed by atoms with Crippen LogP contribution in [0.3, 0.4) is 0 Å². The number of aryl methyl sites for hydroxylation is 2. The minimum absolute atomic E-state index is 0.320. The van der Waals surface area contributed by atoms with Gasteiger partial charge in [-0.2, -0.15) is 4.98 Å². The van der Waals surface area contributed by atoms with Crippen molar-refractivity contribution >= 4 is 22.6 Å². The van der Waals surface area contributed by atoms with Gasteiger partial charge in [0.25, 0.3) is 5.56 Å². The molecule has 9 nitrogen and oxygen atoms in total. The second kappa shape index (κ2) is 7.42. The van der Waals surface area contributed by atoms with E-state index in [1.165, 1.54) is 17.3 Å². The van der Waals surface area contributed by atoms with E-state index in [1.807, 2.05) is 23.6 Å². The minimum atomic E-state index is -0.363. The van der Waals surface area contributed by atoms with Crippen LogP contribution in [0.1, 0.15) is 5.69 Å². The van der Waals surface area contributed by atoms with Crippen LogP contribution in [-0.2, 0) is 20.6 Å². The number of benzene rings is 1. The third-order valence-corrected chi connectivity index (χ3v) is 6.39. The molecule has 0 N–H and O–H groups in total. The van der Waals surface area contributed by atoms with Gasteiger partial charge in [-0.25, -0.2) is 4.79 Å². The van der Waals surface area contributed by atoms with Gasteiger partial charge in [-0.05, 0) is 19.1 Å². The Balaban J connectivity index is 1.37. The lowest BCUT2D eigenvalue weighted by molar-refractivity contribution is 0.248. The van der Waals surface area contributed by atoms with Crippen LogP contribution in [0, 0.1) is 6.92 Å². The molecule has 1 aliphatic rings. The average molecular weight is 422 g/mol. The van der Waals surface area contributed by atoms with Crippen molar-refractivity contribution in [2.24, 2.45) is 14.1 Å². The van der Waals surface area contributed by atoms with Gasteiger partial charge in [0, 0.05) is 70.9 Å². The molecule has 0 saturated carbocycles. The highest BCUT2D eigenvalue weighted by atomic mass is 16.2. The van der Waals surface area contributed by atoms with Gasteiger partial charge in [-0.1, -0.05) is 18.2 Å². The van der Waals surface area contributed by atoms with Gasteiger partial charge in [0.1, 0.15) is 0 Å². The van der Waals surface area contributed by atoms with Crippen LogP contribution >= 0.6 is 0 Å². The van der Waals surface area contributed by atoms with Gasteiger partial charge in [0.05, 0.1) is 0 Å². The first-order valence-corrected chi connectivity index (χ1v) is 10.6. The molecule has 1 saturated heterocycles. The molecule has 4 aromatic rings. The molecule has 31 heavy (non-hydrogen) atoms. The molecule has 1 aromatic carbocycles. The van der Waals surface area contributed by atoms with Crippen molar-refractivity contribution in [2.45, 2.75) is 13.5 Å². The number of fused-ring (bicyclic) bond motifs is 3. The summed E-state index contributed by atoms with van der Waals surface area (Å²) < 4.78 is 6.52. The molecular weight excluding hydrogens is 394 g/mol. The van der Waals surface area contributed by atoms with Crippen LogP contribution in [0.2, 0.25) is 0 Å².